The van der Waals surface area contributed by atoms with Crippen LogP contribution in [0.5, 0.6) is 0 Å². The van der Waals surface area contributed by atoms with Gasteiger partial charge in [0, 0.05) is 30.0 Å². The Morgan fingerprint density at radius 3 is 2.31 bits per heavy atom. The third-order valence-corrected chi connectivity index (χ3v) is 5.29. The van der Waals surface area contributed by atoms with Crippen LogP contribution in [0.4, 0.5) is 22.0 Å². The predicted molar refractivity (Wildman–Crippen MR) is 127 cm³/mol. The zero-order valence-corrected chi connectivity index (χ0v) is 17.6. The fraction of sp³-hybridized carbons (Fsp3) is 0.182. The number of H-pyrrole nitrogens is 1. The van der Waals surface area contributed by atoms with Crippen LogP contribution in [0.15, 0.2) is 54.9 Å². The highest BCUT2D eigenvalue weighted by atomic mass is 16.5. The van der Waals surface area contributed by atoms with E-state index < -0.39 is 0 Å². The van der Waals surface area contributed by atoms with Gasteiger partial charge in [-0.2, -0.15) is 0 Å². The number of benzene rings is 2. The average molecular weight is 427 g/mol. The van der Waals surface area contributed by atoms with Crippen LogP contribution < -0.4 is 21.0 Å². The molecule has 0 radical (unpaired) electrons. The molecule has 2 aromatic heterocycles. The van der Waals surface area contributed by atoms with Crippen molar-refractivity contribution in [3.63, 3.8) is 0 Å². The third kappa shape index (κ3) is 4.26. The lowest BCUT2D eigenvalue weighted by atomic mass is 9.96. The Hall–Kier alpha value is -3.92. The topological polar surface area (TPSA) is 108 Å². The first kappa shape index (κ1) is 20.0. The number of fused-ring (bicyclic) bond motifs is 1. The van der Waals surface area contributed by atoms with Gasteiger partial charge in [-0.3, -0.25) is 0 Å². The Kier molecular flexibility index (Phi) is 5.43. The number of carbonyl (C=O) groups excluding carboxylic acids is 1. The van der Waals surface area contributed by atoms with Crippen LogP contribution in [0.2, 0.25) is 0 Å². The van der Waals surface area contributed by atoms with Gasteiger partial charge in [-0.25, -0.2) is 19.7 Å². The fourth-order valence-electron chi connectivity index (χ4n) is 3.58. The molecule has 1 aliphatic rings. The van der Waals surface area contributed by atoms with E-state index in [-0.39, 0.29) is 6.03 Å². The number of nitrogens with zero attached hydrogens (tertiary/aromatic N) is 4. The number of aromatic nitrogens is 4. The maximum absolute atomic E-state index is 12.3. The number of amides is 2. The normalized spacial score (nSPS) is 13.8. The van der Waals surface area contributed by atoms with Gasteiger partial charge in [0.2, 0.25) is 0 Å². The monoisotopic (exact) mass is 427 g/mol. The standard InChI is InChI=1S/C22H22BN7O2/c23-15-3-7-17(8-4-15)27-22(31)26-16-5-1-14(2-6-16)19-28-20-18(24-13-25-20)21(29-19)30-9-11-32-12-10-30/h1-8,13H,9-12,23H2,(H2,26,27,31)(H,24,25,28,29). The molecule has 1 fully saturated rings. The van der Waals surface area contributed by atoms with Gasteiger partial charge in [0.15, 0.2) is 17.3 Å². The van der Waals surface area contributed by atoms with Crippen LogP contribution in [0.1, 0.15) is 0 Å². The van der Waals surface area contributed by atoms with Crippen molar-refractivity contribution in [2.75, 3.05) is 41.8 Å². The molecule has 0 atom stereocenters. The highest BCUT2D eigenvalue weighted by Gasteiger charge is 2.19. The summed E-state index contributed by atoms with van der Waals surface area (Å²) in [6.07, 6.45) is 1.63. The predicted octanol–water partition coefficient (Wildman–Crippen LogP) is 1.76. The SMILES string of the molecule is Bc1ccc(NC(=O)Nc2ccc(-c3nc(N4CCOCC4)c4[nH]cnc4n3)cc2)cc1. The molecule has 0 bridgehead atoms. The number of morpholine rings is 1. The molecular formula is C22H22BN7O2. The summed E-state index contributed by atoms with van der Waals surface area (Å²) in [5, 5.41) is 5.66. The molecule has 2 aromatic carbocycles. The molecule has 5 rings (SSSR count). The molecule has 10 heteroatoms. The van der Waals surface area contributed by atoms with Crippen molar-refractivity contribution in [3.8, 4) is 11.4 Å². The summed E-state index contributed by atoms with van der Waals surface area (Å²) in [7, 11) is 2.00. The van der Waals surface area contributed by atoms with E-state index >= 15 is 0 Å². The number of rotatable bonds is 4. The molecule has 1 aliphatic heterocycles. The molecule has 4 aromatic rings. The number of nitrogens with one attached hydrogen (secondary N) is 3. The molecule has 0 aliphatic carbocycles. The lowest BCUT2D eigenvalue weighted by Gasteiger charge is -2.28. The molecule has 160 valence electrons. The molecule has 3 N–H and O–H groups in total. The summed E-state index contributed by atoms with van der Waals surface area (Å²) < 4.78 is 5.47. The largest absolute Gasteiger partial charge is 0.378 e. The Bertz CT molecular complexity index is 1240. The number of ether oxygens (including phenoxy) is 1. The van der Waals surface area contributed by atoms with Crippen LogP contribution in [0.3, 0.4) is 0 Å². The van der Waals surface area contributed by atoms with E-state index in [1.165, 1.54) is 0 Å². The Morgan fingerprint density at radius 2 is 1.62 bits per heavy atom. The molecule has 9 nitrogen and oxygen atoms in total. The summed E-state index contributed by atoms with van der Waals surface area (Å²) in [4.78, 5) is 31.4. The number of urea groups is 1. The number of imidazole rings is 1. The highest BCUT2D eigenvalue weighted by molar-refractivity contribution is 6.32. The second-order valence-electron chi connectivity index (χ2n) is 7.59. The van der Waals surface area contributed by atoms with Crippen molar-refractivity contribution in [2.24, 2.45) is 0 Å². The van der Waals surface area contributed by atoms with Crippen molar-refractivity contribution in [1.29, 1.82) is 0 Å². The molecule has 1 saturated heterocycles. The van der Waals surface area contributed by atoms with Gasteiger partial charge >= 0.3 is 6.03 Å². The van der Waals surface area contributed by atoms with Gasteiger partial charge in [-0.15, -0.1) is 0 Å². The average Bonchev–Trinajstić information content (AvgIpc) is 3.30. The molecule has 2 amide bonds. The fourth-order valence-corrected chi connectivity index (χ4v) is 3.58. The first-order valence-electron chi connectivity index (χ1n) is 10.4. The van der Waals surface area contributed by atoms with Gasteiger partial charge < -0.3 is 25.3 Å². The van der Waals surface area contributed by atoms with E-state index in [1.54, 1.807) is 6.33 Å². The Balaban J connectivity index is 1.34. The van der Waals surface area contributed by atoms with Crippen LogP contribution in [0, 0.1) is 0 Å². The van der Waals surface area contributed by atoms with Crippen molar-refractivity contribution in [3.05, 3.63) is 54.9 Å². The first-order valence-corrected chi connectivity index (χ1v) is 10.4. The van der Waals surface area contributed by atoms with Gasteiger partial charge in [0.25, 0.3) is 0 Å². The number of hydrogen-bond donors (Lipinski definition) is 3. The van der Waals surface area contributed by atoms with Crippen molar-refractivity contribution in [2.45, 2.75) is 0 Å². The number of hydrogen-bond acceptors (Lipinski definition) is 6. The quantitative estimate of drug-likeness (QED) is 0.429. The summed E-state index contributed by atoms with van der Waals surface area (Å²) in [6.45, 7) is 2.87. The smallest absolute Gasteiger partial charge is 0.323 e. The summed E-state index contributed by atoms with van der Waals surface area (Å²) in [5.74, 6) is 1.41. The van der Waals surface area contributed by atoms with Crippen LogP contribution in [-0.2, 0) is 4.74 Å². The van der Waals surface area contributed by atoms with Gasteiger partial charge in [0.05, 0.1) is 19.5 Å². The summed E-state index contributed by atoms with van der Waals surface area (Å²) >= 11 is 0. The van der Waals surface area contributed by atoms with Crippen molar-refractivity contribution >= 4 is 47.7 Å². The van der Waals surface area contributed by atoms with Gasteiger partial charge in [-0.1, -0.05) is 17.6 Å². The van der Waals surface area contributed by atoms with E-state index in [1.807, 2.05) is 56.4 Å². The molecule has 32 heavy (non-hydrogen) atoms. The molecular weight excluding hydrogens is 405 g/mol. The lowest BCUT2D eigenvalue weighted by Crippen LogP contribution is -2.37. The summed E-state index contributed by atoms with van der Waals surface area (Å²) in [6, 6.07) is 14.8. The number of aromatic amines is 1. The number of anilines is 3. The number of carbonyl (C=O) groups is 1. The first-order chi connectivity index (χ1) is 15.7. The van der Waals surface area contributed by atoms with Crippen molar-refractivity contribution < 1.29 is 9.53 Å². The van der Waals surface area contributed by atoms with Crippen LogP contribution >= 0.6 is 0 Å². The van der Waals surface area contributed by atoms with E-state index in [2.05, 4.69) is 30.5 Å². The molecule has 0 saturated carbocycles. The Labute approximate surface area is 185 Å². The minimum absolute atomic E-state index is 0.301. The third-order valence-electron chi connectivity index (χ3n) is 5.29. The zero-order valence-electron chi connectivity index (χ0n) is 17.6. The second kappa shape index (κ2) is 8.68. The van der Waals surface area contributed by atoms with Crippen molar-refractivity contribution in [1.82, 2.24) is 19.9 Å². The molecule has 0 unspecified atom stereocenters. The highest BCUT2D eigenvalue weighted by Crippen LogP contribution is 2.27. The minimum atomic E-state index is -0.301. The van der Waals surface area contributed by atoms with Gasteiger partial charge in [0.1, 0.15) is 13.4 Å². The maximum atomic E-state index is 12.3. The zero-order chi connectivity index (χ0) is 21.9. The minimum Gasteiger partial charge on any atom is -0.378 e. The maximum Gasteiger partial charge on any atom is 0.323 e. The van der Waals surface area contributed by atoms with E-state index in [9.17, 15) is 4.79 Å². The lowest BCUT2D eigenvalue weighted by molar-refractivity contribution is 0.122. The van der Waals surface area contributed by atoms with Gasteiger partial charge in [-0.05, 0) is 36.4 Å². The van der Waals surface area contributed by atoms with E-state index in [0.29, 0.717) is 30.4 Å². The van der Waals surface area contributed by atoms with E-state index in [4.69, 9.17) is 9.72 Å². The summed E-state index contributed by atoms with van der Waals surface area (Å²) in [5.41, 5.74) is 4.83. The molecule has 3 heterocycles. The second-order valence-corrected chi connectivity index (χ2v) is 7.59. The Morgan fingerprint density at radius 1 is 0.969 bits per heavy atom. The van der Waals surface area contributed by atoms with Crippen LogP contribution in [0.25, 0.3) is 22.6 Å². The molecule has 0 spiro atoms. The van der Waals surface area contributed by atoms with E-state index in [0.717, 1.165) is 41.1 Å². The van der Waals surface area contributed by atoms with Crippen LogP contribution in [-0.4, -0.2) is 60.1 Å².